The van der Waals surface area contributed by atoms with E-state index < -0.39 is 0 Å². The van der Waals surface area contributed by atoms with Crippen LogP contribution < -0.4 is 4.74 Å². The van der Waals surface area contributed by atoms with Gasteiger partial charge < -0.3 is 9.64 Å². The molecule has 0 saturated heterocycles. The van der Waals surface area contributed by atoms with Crippen molar-refractivity contribution in [1.82, 2.24) is 29.3 Å². The Hall–Kier alpha value is -3.34. The van der Waals surface area contributed by atoms with E-state index in [-0.39, 0.29) is 17.6 Å². The van der Waals surface area contributed by atoms with Gasteiger partial charge in [-0.1, -0.05) is 5.92 Å². The minimum absolute atomic E-state index is 0.125. The minimum atomic E-state index is -0.275. The van der Waals surface area contributed by atoms with E-state index in [1.54, 1.807) is 33.4 Å². The van der Waals surface area contributed by atoms with E-state index in [4.69, 9.17) is 9.72 Å². The third-order valence-corrected chi connectivity index (χ3v) is 6.36. The number of nitrogens with zero attached hydrogens (tertiary/aromatic N) is 6. The first-order valence-electron chi connectivity index (χ1n) is 10.2. The van der Waals surface area contributed by atoms with Crippen LogP contribution in [0.25, 0.3) is 16.8 Å². The highest BCUT2D eigenvalue weighted by Gasteiger charge is 2.60. The van der Waals surface area contributed by atoms with Crippen molar-refractivity contribution in [1.29, 1.82) is 0 Å². The molecule has 2 aliphatic carbocycles. The SMILES string of the molecule is CC#CC(=O)N(C)[C@H]1CC[C@H]2C[C@@]2(Oc2nc(-c3cnn(C)c3)cn3nccc23)C1. The summed E-state index contributed by atoms with van der Waals surface area (Å²) in [5.41, 5.74) is 2.24. The smallest absolute Gasteiger partial charge is 0.298 e. The van der Waals surface area contributed by atoms with Crippen molar-refractivity contribution in [3.8, 4) is 29.0 Å². The van der Waals surface area contributed by atoms with Gasteiger partial charge >= 0.3 is 0 Å². The lowest BCUT2D eigenvalue weighted by molar-refractivity contribution is -0.127. The molecule has 3 atom stereocenters. The maximum Gasteiger partial charge on any atom is 0.298 e. The molecule has 154 valence electrons. The number of aryl methyl sites for hydroxylation is 1. The van der Waals surface area contributed by atoms with Crippen LogP contribution in [0.3, 0.4) is 0 Å². The number of ether oxygens (including phenoxy) is 1. The highest BCUT2D eigenvalue weighted by atomic mass is 16.5. The number of rotatable bonds is 4. The Morgan fingerprint density at radius 1 is 1.30 bits per heavy atom. The van der Waals surface area contributed by atoms with Crippen LogP contribution in [0.5, 0.6) is 5.88 Å². The number of carbonyl (C=O) groups is 1. The third-order valence-electron chi connectivity index (χ3n) is 6.36. The number of fused-ring (bicyclic) bond motifs is 2. The summed E-state index contributed by atoms with van der Waals surface area (Å²) in [5.74, 6) is 6.30. The van der Waals surface area contributed by atoms with Gasteiger partial charge in [-0.25, -0.2) is 9.50 Å². The first-order valence-corrected chi connectivity index (χ1v) is 10.2. The monoisotopic (exact) mass is 404 g/mol. The Balaban J connectivity index is 1.44. The third kappa shape index (κ3) is 3.11. The van der Waals surface area contributed by atoms with Gasteiger partial charge in [-0.15, -0.1) is 0 Å². The summed E-state index contributed by atoms with van der Waals surface area (Å²) in [4.78, 5) is 18.8. The van der Waals surface area contributed by atoms with E-state index in [0.29, 0.717) is 11.8 Å². The van der Waals surface area contributed by atoms with Crippen LogP contribution in [-0.2, 0) is 11.8 Å². The van der Waals surface area contributed by atoms with Gasteiger partial charge in [0.05, 0.1) is 24.3 Å². The molecule has 0 bridgehead atoms. The van der Waals surface area contributed by atoms with Gasteiger partial charge in [-0.2, -0.15) is 10.2 Å². The summed E-state index contributed by atoms with van der Waals surface area (Å²) in [6, 6.07) is 2.04. The van der Waals surface area contributed by atoms with Gasteiger partial charge in [0.2, 0.25) is 5.88 Å². The molecule has 0 N–H and O–H groups in total. The van der Waals surface area contributed by atoms with Crippen LogP contribution in [0, 0.1) is 17.8 Å². The van der Waals surface area contributed by atoms with E-state index >= 15 is 0 Å². The molecule has 3 aromatic rings. The van der Waals surface area contributed by atoms with E-state index in [9.17, 15) is 4.79 Å². The number of hydrogen-bond acceptors (Lipinski definition) is 5. The molecule has 3 aromatic heterocycles. The molecule has 0 aromatic carbocycles. The Morgan fingerprint density at radius 2 is 2.17 bits per heavy atom. The number of hydrogen-bond donors (Lipinski definition) is 0. The molecule has 0 spiro atoms. The fourth-order valence-corrected chi connectivity index (χ4v) is 4.58. The molecule has 5 rings (SSSR count). The van der Waals surface area contributed by atoms with E-state index in [0.717, 1.165) is 42.5 Å². The van der Waals surface area contributed by atoms with Crippen LogP contribution in [0.15, 0.2) is 30.9 Å². The van der Waals surface area contributed by atoms with E-state index in [2.05, 4.69) is 22.0 Å². The average molecular weight is 404 g/mol. The van der Waals surface area contributed by atoms with Gasteiger partial charge in [0.25, 0.3) is 5.91 Å². The number of carbonyl (C=O) groups excluding carboxylic acids is 1. The summed E-state index contributed by atoms with van der Waals surface area (Å²) in [5, 5.41) is 8.64. The maximum atomic E-state index is 12.2. The van der Waals surface area contributed by atoms with Gasteiger partial charge in [0.1, 0.15) is 11.1 Å². The lowest BCUT2D eigenvalue weighted by Crippen LogP contribution is -2.43. The van der Waals surface area contributed by atoms with Crippen LogP contribution in [0.2, 0.25) is 0 Å². The van der Waals surface area contributed by atoms with Gasteiger partial charge in [0, 0.05) is 44.2 Å². The van der Waals surface area contributed by atoms with Crippen molar-refractivity contribution in [3.63, 3.8) is 0 Å². The molecule has 1 amide bonds. The fraction of sp³-hybridized carbons (Fsp3) is 0.455. The molecule has 0 unspecified atom stereocenters. The maximum absolute atomic E-state index is 12.2. The zero-order valence-electron chi connectivity index (χ0n) is 17.4. The zero-order chi connectivity index (χ0) is 20.9. The molecule has 0 radical (unpaired) electrons. The molecular weight excluding hydrogens is 380 g/mol. The topological polar surface area (TPSA) is 77.6 Å². The van der Waals surface area contributed by atoms with Crippen molar-refractivity contribution in [2.24, 2.45) is 13.0 Å². The molecule has 8 nitrogen and oxygen atoms in total. The molecule has 2 saturated carbocycles. The molecule has 2 aliphatic rings. The second kappa shape index (κ2) is 6.87. The second-order valence-electron chi connectivity index (χ2n) is 8.29. The Kier molecular flexibility index (Phi) is 4.28. The van der Waals surface area contributed by atoms with E-state index in [1.807, 2.05) is 32.6 Å². The summed E-state index contributed by atoms with van der Waals surface area (Å²) < 4.78 is 10.1. The van der Waals surface area contributed by atoms with Crippen LogP contribution >= 0.6 is 0 Å². The summed E-state index contributed by atoms with van der Waals surface area (Å²) in [6.07, 6.45) is 11.2. The van der Waals surface area contributed by atoms with E-state index in [1.165, 1.54) is 0 Å². The largest absolute Gasteiger partial charge is 0.469 e. The predicted molar refractivity (Wildman–Crippen MR) is 111 cm³/mol. The normalized spacial score (nSPS) is 24.6. The van der Waals surface area contributed by atoms with Crippen molar-refractivity contribution >= 4 is 11.4 Å². The van der Waals surface area contributed by atoms with Crippen LogP contribution in [0.1, 0.15) is 32.6 Å². The van der Waals surface area contributed by atoms with Crippen molar-refractivity contribution < 1.29 is 9.53 Å². The molecule has 30 heavy (non-hydrogen) atoms. The minimum Gasteiger partial charge on any atom is -0.469 e. The molecule has 0 aliphatic heterocycles. The zero-order valence-corrected chi connectivity index (χ0v) is 17.4. The van der Waals surface area contributed by atoms with Crippen molar-refractivity contribution in [3.05, 3.63) is 30.9 Å². The van der Waals surface area contributed by atoms with Crippen molar-refractivity contribution in [2.75, 3.05) is 7.05 Å². The van der Waals surface area contributed by atoms with Gasteiger partial charge in [0.15, 0.2) is 0 Å². The van der Waals surface area contributed by atoms with Gasteiger partial charge in [-0.05, 0) is 38.2 Å². The first-order chi connectivity index (χ1) is 14.5. The van der Waals surface area contributed by atoms with Crippen LogP contribution in [-0.4, -0.2) is 53.9 Å². The lowest BCUT2D eigenvalue weighted by atomic mass is 9.91. The first kappa shape index (κ1) is 18.7. The molecule has 8 heteroatoms. The lowest BCUT2D eigenvalue weighted by Gasteiger charge is -2.34. The van der Waals surface area contributed by atoms with Crippen LogP contribution in [0.4, 0.5) is 0 Å². The standard InChI is InChI=1S/C22H24N6O2/c1-4-5-20(29)27(3)17-7-6-16-10-22(16,11-17)30-21-19-8-9-23-28(19)14-18(25-21)15-12-24-26(2)13-15/h8-9,12-14,16-17H,6-7,10-11H2,1-3H3/t16-,17-,22+/m0/s1. The summed E-state index contributed by atoms with van der Waals surface area (Å²) in [7, 11) is 3.72. The number of amides is 1. The predicted octanol–water partition coefficient (Wildman–Crippen LogP) is 2.30. The summed E-state index contributed by atoms with van der Waals surface area (Å²) in [6.45, 7) is 1.69. The van der Waals surface area contributed by atoms with Gasteiger partial charge in [-0.3, -0.25) is 9.48 Å². The van der Waals surface area contributed by atoms with Crippen molar-refractivity contribution in [2.45, 2.75) is 44.2 Å². The Bertz CT molecular complexity index is 1190. The summed E-state index contributed by atoms with van der Waals surface area (Å²) >= 11 is 0. The highest BCUT2D eigenvalue weighted by molar-refractivity contribution is 5.93. The quantitative estimate of drug-likeness (QED) is 0.624. The molecule has 3 heterocycles. The molecular formula is C22H24N6O2. The second-order valence-corrected chi connectivity index (χ2v) is 8.29. The molecule has 2 fully saturated rings. The Labute approximate surface area is 174 Å². The fourth-order valence-electron chi connectivity index (χ4n) is 4.58. The number of aromatic nitrogens is 5. The Morgan fingerprint density at radius 3 is 2.93 bits per heavy atom. The average Bonchev–Trinajstić information content (AvgIpc) is 3.03. The highest BCUT2D eigenvalue weighted by Crippen LogP contribution is 2.57.